The highest BCUT2D eigenvalue weighted by atomic mass is 32.2. The van der Waals surface area contributed by atoms with Gasteiger partial charge in [0.2, 0.25) is 5.91 Å². The maximum Gasteiger partial charge on any atom is 0.335 e. The molecule has 0 spiro atoms. The predicted octanol–water partition coefficient (Wildman–Crippen LogP) is 3.64. The van der Waals surface area contributed by atoms with E-state index in [1.165, 1.54) is 28.8 Å². The van der Waals surface area contributed by atoms with Gasteiger partial charge in [-0.25, -0.2) is 26.6 Å². The smallest absolute Gasteiger partial charge is 0.335 e. The average molecular weight is 720 g/mol. The van der Waals surface area contributed by atoms with Crippen LogP contribution in [0.25, 0.3) is 5.69 Å². The minimum atomic E-state index is -4.42. The fourth-order valence-electron chi connectivity index (χ4n) is 4.87. The molecule has 0 aliphatic heterocycles. The summed E-state index contributed by atoms with van der Waals surface area (Å²) in [6, 6.07) is 11.1. The van der Waals surface area contributed by atoms with E-state index in [0.717, 1.165) is 4.57 Å². The molecule has 1 heterocycles. The van der Waals surface area contributed by atoms with Crippen LogP contribution in [0.4, 0.5) is 20.2 Å². The zero-order valence-electron chi connectivity index (χ0n) is 28.8. The fraction of sp³-hybridized carbons (Fsp3) is 0.286. The second-order valence-corrected chi connectivity index (χ2v) is 14.7. The average Bonchev–Trinajstić information content (AvgIpc) is 3.06. The summed E-state index contributed by atoms with van der Waals surface area (Å²) in [5.41, 5.74) is -1.91. The lowest BCUT2D eigenvalue weighted by molar-refractivity contribution is -0.123. The lowest BCUT2D eigenvalue weighted by atomic mass is 9.90. The van der Waals surface area contributed by atoms with E-state index < -0.39 is 67.2 Å². The van der Waals surface area contributed by atoms with Crippen LogP contribution < -0.4 is 26.6 Å². The molecule has 2 radical (unpaired) electrons. The molecule has 12 nitrogen and oxygen atoms in total. The first-order chi connectivity index (χ1) is 23.7. The van der Waals surface area contributed by atoms with Gasteiger partial charge < -0.3 is 20.0 Å². The van der Waals surface area contributed by atoms with Gasteiger partial charge in [0.05, 0.1) is 33.6 Å². The summed E-state index contributed by atoms with van der Waals surface area (Å²) in [7, 11) is 2.62. The van der Waals surface area contributed by atoms with Crippen molar-refractivity contribution in [3.63, 3.8) is 0 Å². The normalized spacial score (nSPS) is 12.2. The Hall–Kier alpha value is -5.38. The molecule has 3 N–H and O–H groups in total. The molecule has 1 aromatic heterocycles. The van der Waals surface area contributed by atoms with E-state index in [0.29, 0.717) is 40.3 Å². The Kier molecular flexibility index (Phi) is 11.2. The third kappa shape index (κ3) is 8.68. The monoisotopic (exact) mass is 719 g/mol. The van der Waals surface area contributed by atoms with Gasteiger partial charge in [-0.3, -0.25) is 19.1 Å². The zero-order chi connectivity index (χ0) is 38.0. The quantitative estimate of drug-likeness (QED) is 0.199. The number of carbonyl (C=O) groups excluding carboxylic acids is 3. The first-order valence-corrected chi connectivity index (χ1v) is 17.1. The standard InChI is InChI=1S/C35H36BF2N5O7S/c1-19-20(2)42(6)34(48)43(32(19)46)23-12-7-21(8-13-23)9-16-28(30(36)44)40-31(45)25-17-27(38)29(18-26(25)37)41-51(49,50)24-14-10-22(11-15-24)39-33(47)35(3,4)5/h7-8,10-15,17-18,28,41H,9,16H2,1-6H3,(H,39,47)(H,40,45)/t28-/m0/s1. The molecule has 3 aromatic carbocycles. The van der Waals surface area contributed by atoms with Crippen molar-refractivity contribution in [2.45, 2.75) is 58.4 Å². The largest absolute Gasteiger partial charge is 0.343 e. The molecule has 1 atom stereocenters. The van der Waals surface area contributed by atoms with Crippen LogP contribution in [0.1, 0.15) is 54.4 Å². The summed E-state index contributed by atoms with van der Waals surface area (Å²) < 4.78 is 60.3. The molecule has 0 saturated heterocycles. The number of amides is 2. The van der Waals surface area contributed by atoms with Crippen molar-refractivity contribution in [1.29, 1.82) is 0 Å². The Balaban J connectivity index is 1.44. The molecule has 0 aliphatic carbocycles. The summed E-state index contributed by atoms with van der Waals surface area (Å²) in [5.74, 6) is -4.02. The number of rotatable bonds is 11. The first kappa shape index (κ1) is 38.4. The van der Waals surface area contributed by atoms with E-state index in [1.807, 2.05) is 4.72 Å². The van der Waals surface area contributed by atoms with Crippen molar-refractivity contribution in [2.75, 3.05) is 10.0 Å². The summed E-state index contributed by atoms with van der Waals surface area (Å²) in [4.78, 5) is 62.5. The minimum Gasteiger partial charge on any atom is -0.343 e. The zero-order valence-corrected chi connectivity index (χ0v) is 29.6. The molecule has 266 valence electrons. The lowest BCUT2D eigenvalue weighted by Crippen LogP contribution is -2.41. The van der Waals surface area contributed by atoms with Crippen molar-refractivity contribution in [3.05, 3.63) is 116 Å². The van der Waals surface area contributed by atoms with Gasteiger partial charge in [-0.2, -0.15) is 0 Å². The van der Waals surface area contributed by atoms with E-state index in [-0.39, 0.29) is 23.6 Å². The summed E-state index contributed by atoms with van der Waals surface area (Å²) >= 11 is 0. The fourth-order valence-corrected chi connectivity index (χ4v) is 5.92. The highest BCUT2D eigenvalue weighted by Gasteiger charge is 2.25. The van der Waals surface area contributed by atoms with Crippen LogP contribution >= 0.6 is 0 Å². The van der Waals surface area contributed by atoms with Crippen LogP contribution in [-0.2, 0) is 33.1 Å². The number of aromatic nitrogens is 2. The molecule has 2 amide bonds. The molecule has 4 aromatic rings. The van der Waals surface area contributed by atoms with Gasteiger partial charge in [-0.15, -0.1) is 0 Å². The molecular formula is C35H36BF2N5O7S. The Morgan fingerprint density at radius 3 is 2.10 bits per heavy atom. The number of sulfonamides is 1. The lowest BCUT2D eigenvalue weighted by Gasteiger charge is -2.18. The summed E-state index contributed by atoms with van der Waals surface area (Å²) in [6.07, 6.45) is 0.155. The maximum absolute atomic E-state index is 15.1. The van der Waals surface area contributed by atoms with Crippen molar-refractivity contribution in [2.24, 2.45) is 12.5 Å². The van der Waals surface area contributed by atoms with E-state index >= 15 is 8.78 Å². The van der Waals surface area contributed by atoms with E-state index in [4.69, 9.17) is 7.85 Å². The topological polar surface area (TPSA) is 165 Å². The van der Waals surface area contributed by atoms with E-state index in [1.54, 1.807) is 65.9 Å². The molecule has 0 saturated carbocycles. The number of benzene rings is 3. The molecule has 0 aliphatic rings. The van der Waals surface area contributed by atoms with Gasteiger partial charge in [-0.1, -0.05) is 32.9 Å². The minimum absolute atomic E-state index is 0.0353. The van der Waals surface area contributed by atoms with Gasteiger partial charge in [0.15, 0.2) is 7.85 Å². The number of nitrogens with zero attached hydrogens (tertiary/aromatic N) is 2. The second-order valence-electron chi connectivity index (χ2n) is 13.0. The predicted molar refractivity (Wildman–Crippen MR) is 189 cm³/mol. The Labute approximate surface area is 294 Å². The molecule has 16 heteroatoms. The number of carbonyl (C=O) groups is 3. The third-order valence-corrected chi connectivity index (χ3v) is 9.64. The van der Waals surface area contributed by atoms with Crippen molar-refractivity contribution >= 4 is 46.7 Å². The molecule has 0 bridgehead atoms. The van der Waals surface area contributed by atoms with Crippen molar-refractivity contribution in [3.8, 4) is 5.69 Å². The summed E-state index contributed by atoms with van der Waals surface area (Å²) in [6.45, 7) is 8.41. The molecule has 0 unspecified atom stereocenters. The highest BCUT2D eigenvalue weighted by Crippen LogP contribution is 2.25. The molecule has 0 fully saturated rings. The summed E-state index contributed by atoms with van der Waals surface area (Å²) in [5, 5.41) is 4.93. The maximum atomic E-state index is 15.1. The molecule has 4 rings (SSSR count). The first-order valence-electron chi connectivity index (χ1n) is 15.6. The number of halogens is 2. The number of aryl methyl sites for hydroxylation is 1. The van der Waals surface area contributed by atoms with Crippen molar-refractivity contribution in [1.82, 2.24) is 14.5 Å². The van der Waals surface area contributed by atoms with Gasteiger partial charge in [0.25, 0.3) is 21.5 Å². The van der Waals surface area contributed by atoms with Crippen LogP contribution in [0.2, 0.25) is 0 Å². The van der Waals surface area contributed by atoms with Crippen LogP contribution in [0.3, 0.4) is 0 Å². The second kappa shape index (κ2) is 14.8. The number of hydrogen-bond donors (Lipinski definition) is 3. The van der Waals surface area contributed by atoms with E-state index in [2.05, 4.69) is 10.6 Å². The van der Waals surface area contributed by atoms with Gasteiger partial charge in [-0.05, 0) is 74.7 Å². The molecule has 51 heavy (non-hydrogen) atoms. The third-order valence-electron chi connectivity index (χ3n) is 8.26. The SMILES string of the molecule is [B]C(=O)[C@H](CCc1ccc(-n2c(=O)c(C)c(C)n(C)c2=O)cc1)NC(=O)c1cc(F)c(NS(=O)(=O)c2ccc(NC(=O)C(C)(C)C)cc2)cc1F. The van der Waals surface area contributed by atoms with Crippen LogP contribution in [0.15, 0.2) is 75.1 Å². The number of hydrogen-bond acceptors (Lipinski definition) is 7. The van der Waals surface area contributed by atoms with Crippen molar-refractivity contribution < 1.29 is 31.6 Å². The van der Waals surface area contributed by atoms with E-state index in [9.17, 15) is 32.4 Å². The highest BCUT2D eigenvalue weighted by molar-refractivity contribution is 7.92. The Morgan fingerprint density at radius 1 is 0.922 bits per heavy atom. The van der Waals surface area contributed by atoms with Gasteiger partial charge in [0, 0.05) is 35.5 Å². The van der Waals surface area contributed by atoms with Crippen LogP contribution in [0.5, 0.6) is 0 Å². The Morgan fingerprint density at radius 2 is 1.53 bits per heavy atom. The Bertz CT molecular complexity index is 2210. The van der Waals surface area contributed by atoms with Gasteiger partial charge in [0.1, 0.15) is 11.6 Å². The van der Waals surface area contributed by atoms with Gasteiger partial charge >= 0.3 is 5.69 Å². The number of anilines is 2. The number of nitrogens with one attached hydrogen (secondary N) is 3. The van der Waals surface area contributed by atoms with Crippen LogP contribution in [0, 0.1) is 30.9 Å². The van der Waals surface area contributed by atoms with Crippen LogP contribution in [-0.4, -0.2) is 48.9 Å². The molecular weight excluding hydrogens is 683 g/mol.